The fourth-order valence-corrected chi connectivity index (χ4v) is 3.50. The first-order valence-electron chi connectivity index (χ1n) is 8.02. The van der Waals surface area contributed by atoms with Crippen LogP contribution in [-0.2, 0) is 13.2 Å². The maximum Gasteiger partial charge on any atom is 0.265 e. The standard InChI is InChI=1S/C19H18ClN3O2S/c1-13-18(19(24)23(2)11-14-4-3-9-21-10-14)26-17(22-13)12-25-16-7-5-15(20)6-8-16/h3-10H,11-12H2,1-2H3. The molecule has 3 aromatic rings. The van der Waals surface area contributed by atoms with Crippen LogP contribution >= 0.6 is 22.9 Å². The van der Waals surface area contributed by atoms with Gasteiger partial charge in [0.15, 0.2) is 0 Å². The number of hydrogen-bond donors (Lipinski definition) is 0. The Morgan fingerprint density at radius 1 is 1.27 bits per heavy atom. The van der Waals surface area contributed by atoms with Crippen LogP contribution in [0.4, 0.5) is 0 Å². The molecule has 0 unspecified atom stereocenters. The van der Waals surface area contributed by atoms with Crippen molar-refractivity contribution < 1.29 is 9.53 Å². The van der Waals surface area contributed by atoms with Crippen molar-refractivity contribution in [2.45, 2.75) is 20.1 Å². The van der Waals surface area contributed by atoms with Gasteiger partial charge in [0.05, 0.1) is 5.69 Å². The molecule has 2 aromatic heterocycles. The molecule has 0 radical (unpaired) electrons. The molecule has 26 heavy (non-hydrogen) atoms. The Labute approximate surface area is 161 Å². The van der Waals surface area contributed by atoms with Gasteiger partial charge in [0.25, 0.3) is 5.91 Å². The number of hydrogen-bond acceptors (Lipinski definition) is 5. The van der Waals surface area contributed by atoms with E-state index in [-0.39, 0.29) is 5.91 Å². The molecule has 7 heteroatoms. The van der Waals surface area contributed by atoms with Crippen molar-refractivity contribution in [1.82, 2.24) is 14.9 Å². The van der Waals surface area contributed by atoms with Gasteiger partial charge in [-0.05, 0) is 42.8 Å². The largest absolute Gasteiger partial charge is 0.486 e. The molecule has 1 aromatic carbocycles. The summed E-state index contributed by atoms with van der Waals surface area (Å²) in [5.41, 5.74) is 1.70. The number of nitrogens with zero attached hydrogens (tertiary/aromatic N) is 3. The van der Waals surface area contributed by atoms with Crippen molar-refractivity contribution in [3.63, 3.8) is 0 Å². The number of benzene rings is 1. The molecule has 5 nitrogen and oxygen atoms in total. The Balaban J connectivity index is 1.65. The first-order chi connectivity index (χ1) is 12.5. The smallest absolute Gasteiger partial charge is 0.265 e. The van der Waals surface area contributed by atoms with Crippen molar-refractivity contribution in [2.75, 3.05) is 7.05 Å². The van der Waals surface area contributed by atoms with Crippen LogP contribution in [0.15, 0.2) is 48.8 Å². The molecular formula is C19H18ClN3O2S. The van der Waals surface area contributed by atoms with Crippen molar-refractivity contribution in [2.24, 2.45) is 0 Å². The molecule has 0 bridgehead atoms. The number of carbonyl (C=O) groups is 1. The molecule has 2 heterocycles. The van der Waals surface area contributed by atoms with Crippen molar-refractivity contribution in [3.8, 4) is 5.75 Å². The highest BCUT2D eigenvalue weighted by Gasteiger charge is 2.19. The van der Waals surface area contributed by atoms with E-state index in [1.54, 1.807) is 48.6 Å². The maximum atomic E-state index is 12.7. The predicted octanol–water partition coefficient (Wildman–Crippen LogP) is 4.35. The summed E-state index contributed by atoms with van der Waals surface area (Å²) < 4.78 is 5.71. The van der Waals surface area contributed by atoms with Gasteiger partial charge in [-0.25, -0.2) is 4.98 Å². The second kappa shape index (κ2) is 8.29. The molecule has 0 aliphatic heterocycles. The molecule has 0 saturated carbocycles. The average Bonchev–Trinajstić information content (AvgIpc) is 3.02. The lowest BCUT2D eigenvalue weighted by Crippen LogP contribution is -2.26. The van der Waals surface area contributed by atoms with Gasteiger partial charge >= 0.3 is 0 Å². The highest BCUT2D eigenvalue weighted by atomic mass is 35.5. The molecule has 0 saturated heterocycles. The summed E-state index contributed by atoms with van der Waals surface area (Å²) in [4.78, 5) is 23.6. The van der Waals surface area contributed by atoms with E-state index in [4.69, 9.17) is 16.3 Å². The quantitative estimate of drug-likeness (QED) is 0.631. The summed E-state index contributed by atoms with van der Waals surface area (Å²) in [6.07, 6.45) is 3.47. The third-order valence-corrected chi connectivity index (χ3v) is 5.07. The number of aromatic nitrogens is 2. The van der Waals surface area contributed by atoms with Crippen LogP contribution in [-0.4, -0.2) is 27.8 Å². The van der Waals surface area contributed by atoms with Gasteiger partial charge in [-0.1, -0.05) is 17.7 Å². The minimum atomic E-state index is -0.0541. The molecule has 0 N–H and O–H groups in total. The van der Waals surface area contributed by atoms with Crippen LogP contribution in [0.3, 0.4) is 0 Å². The Hall–Kier alpha value is -2.44. The Morgan fingerprint density at radius 3 is 2.73 bits per heavy atom. The zero-order chi connectivity index (χ0) is 18.5. The van der Waals surface area contributed by atoms with Crippen molar-refractivity contribution in [3.05, 3.63) is 75.0 Å². The Kier molecular flexibility index (Phi) is 5.85. The minimum Gasteiger partial charge on any atom is -0.486 e. The molecule has 0 spiro atoms. The number of thiazole rings is 1. The van der Waals surface area contributed by atoms with E-state index in [1.807, 2.05) is 19.1 Å². The summed E-state index contributed by atoms with van der Waals surface area (Å²) in [5.74, 6) is 0.658. The van der Waals surface area contributed by atoms with Gasteiger partial charge in [0.2, 0.25) is 0 Å². The van der Waals surface area contributed by atoms with E-state index in [0.29, 0.717) is 34.5 Å². The molecule has 0 aliphatic rings. The zero-order valence-corrected chi connectivity index (χ0v) is 16.0. The number of carbonyl (C=O) groups excluding carboxylic acids is 1. The number of rotatable bonds is 6. The highest BCUT2D eigenvalue weighted by Crippen LogP contribution is 2.23. The summed E-state index contributed by atoms with van der Waals surface area (Å²) >= 11 is 7.22. The fraction of sp³-hybridized carbons (Fsp3) is 0.211. The lowest BCUT2D eigenvalue weighted by Gasteiger charge is -2.16. The fourth-order valence-electron chi connectivity index (χ4n) is 2.40. The molecule has 0 fully saturated rings. The second-order valence-corrected chi connectivity index (χ2v) is 7.31. The SMILES string of the molecule is Cc1nc(COc2ccc(Cl)cc2)sc1C(=O)N(C)Cc1cccnc1. The summed E-state index contributed by atoms with van der Waals surface area (Å²) in [6, 6.07) is 10.9. The second-order valence-electron chi connectivity index (χ2n) is 5.79. The van der Waals surface area contributed by atoms with Crippen LogP contribution in [0.5, 0.6) is 5.75 Å². The van der Waals surface area contributed by atoms with Gasteiger partial charge in [-0.15, -0.1) is 11.3 Å². The van der Waals surface area contributed by atoms with Gasteiger partial charge in [0.1, 0.15) is 22.2 Å². The van der Waals surface area contributed by atoms with E-state index in [1.165, 1.54) is 11.3 Å². The van der Waals surface area contributed by atoms with Crippen LogP contribution in [0.25, 0.3) is 0 Å². The van der Waals surface area contributed by atoms with Crippen LogP contribution < -0.4 is 4.74 Å². The molecule has 0 aliphatic carbocycles. The predicted molar refractivity (Wildman–Crippen MR) is 103 cm³/mol. The van der Waals surface area contributed by atoms with Gasteiger partial charge in [-0.2, -0.15) is 0 Å². The number of amides is 1. The summed E-state index contributed by atoms with van der Waals surface area (Å²) in [7, 11) is 1.78. The number of aryl methyl sites for hydroxylation is 1. The third-order valence-electron chi connectivity index (χ3n) is 3.70. The average molecular weight is 388 g/mol. The topological polar surface area (TPSA) is 55.3 Å². The van der Waals surface area contributed by atoms with E-state index in [9.17, 15) is 4.79 Å². The molecule has 134 valence electrons. The van der Waals surface area contributed by atoms with Crippen molar-refractivity contribution in [1.29, 1.82) is 0 Å². The summed E-state index contributed by atoms with van der Waals surface area (Å²) in [6.45, 7) is 2.65. The minimum absolute atomic E-state index is 0.0541. The van der Waals surface area contributed by atoms with E-state index in [2.05, 4.69) is 9.97 Å². The lowest BCUT2D eigenvalue weighted by atomic mass is 10.2. The van der Waals surface area contributed by atoms with E-state index in [0.717, 1.165) is 10.6 Å². The van der Waals surface area contributed by atoms with Crippen LogP contribution in [0.2, 0.25) is 5.02 Å². The summed E-state index contributed by atoms with van der Waals surface area (Å²) in [5, 5.41) is 1.42. The monoisotopic (exact) mass is 387 g/mol. The van der Waals surface area contributed by atoms with Gasteiger partial charge < -0.3 is 9.64 Å². The number of halogens is 1. The first kappa shape index (κ1) is 18.4. The van der Waals surface area contributed by atoms with Crippen LogP contribution in [0, 0.1) is 6.92 Å². The molecule has 0 atom stereocenters. The number of ether oxygens (including phenoxy) is 1. The first-order valence-corrected chi connectivity index (χ1v) is 9.21. The highest BCUT2D eigenvalue weighted by molar-refractivity contribution is 7.13. The Morgan fingerprint density at radius 2 is 2.04 bits per heavy atom. The number of pyridine rings is 1. The van der Waals surface area contributed by atoms with Gasteiger partial charge in [0, 0.05) is 31.0 Å². The lowest BCUT2D eigenvalue weighted by molar-refractivity contribution is 0.0789. The van der Waals surface area contributed by atoms with E-state index >= 15 is 0 Å². The normalized spacial score (nSPS) is 10.6. The molecule has 3 rings (SSSR count). The van der Waals surface area contributed by atoms with E-state index < -0.39 is 0 Å². The molecular weight excluding hydrogens is 370 g/mol. The van der Waals surface area contributed by atoms with Crippen LogP contribution in [0.1, 0.15) is 25.9 Å². The third kappa shape index (κ3) is 4.59. The van der Waals surface area contributed by atoms with Crippen molar-refractivity contribution >= 4 is 28.8 Å². The molecule has 1 amide bonds. The zero-order valence-electron chi connectivity index (χ0n) is 14.5. The van der Waals surface area contributed by atoms with Gasteiger partial charge in [-0.3, -0.25) is 9.78 Å². The Bertz CT molecular complexity index is 882. The maximum absolute atomic E-state index is 12.7.